The molecule has 1 unspecified atom stereocenters. The van der Waals surface area contributed by atoms with Crippen molar-refractivity contribution in [3.63, 3.8) is 0 Å². The first-order valence-electron chi connectivity index (χ1n) is 5.24. The van der Waals surface area contributed by atoms with Crippen molar-refractivity contribution in [1.82, 2.24) is 0 Å². The Morgan fingerprint density at radius 2 is 2.06 bits per heavy atom. The van der Waals surface area contributed by atoms with E-state index in [0.29, 0.717) is 5.56 Å². The Kier molecular flexibility index (Phi) is 3.99. The molecule has 0 aliphatic heterocycles. The lowest BCUT2D eigenvalue weighted by atomic mass is 9.80. The van der Waals surface area contributed by atoms with Crippen LogP contribution in [0.15, 0.2) is 24.3 Å². The SMILES string of the molecule is COC(=O)C(C)(Cc1cccc(F)c1)C(C)=O. The summed E-state index contributed by atoms with van der Waals surface area (Å²) in [5, 5.41) is 0. The average Bonchev–Trinajstić information content (AvgIpc) is 2.27. The first-order valence-corrected chi connectivity index (χ1v) is 5.24. The fraction of sp³-hybridized carbons (Fsp3) is 0.385. The van der Waals surface area contributed by atoms with Crippen molar-refractivity contribution in [1.29, 1.82) is 0 Å². The third kappa shape index (κ3) is 2.90. The summed E-state index contributed by atoms with van der Waals surface area (Å²) >= 11 is 0. The number of Topliss-reactive ketones (excluding diaryl/α,β-unsaturated/α-hetero) is 1. The van der Waals surface area contributed by atoms with Crippen LogP contribution >= 0.6 is 0 Å². The van der Waals surface area contributed by atoms with Gasteiger partial charge in [-0.25, -0.2) is 4.39 Å². The molecule has 0 aliphatic rings. The highest BCUT2D eigenvalue weighted by atomic mass is 19.1. The van der Waals surface area contributed by atoms with Crippen LogP contribution in [0.2, 0.25) is 0 Å². The summed E-state index contributed by atoms with van der Waals surface area (Å²) in [6.07, 6.45) is 0.132. The Morgan fingerprint density at radius 1 is 1.41 bits per heavy atom. The Bertz CT molecular complexity index is 442. The van der Waals surface area contributed by atoms with E-state index in [4.69, 9.17) is 0 Å². The van der Waals surface area contributed by atoms with Crippen molar-refractivity contribution < 1.29 is 18.7 Å². The number of carbonyl (C=O) groups is 2. The van der Waals surface area contributed by atoms with Gasteiger partial charge in [0.05, 0.1) is 7.11 Å². The van der Waals surface area contributed by atoms with Gasteiger partial charge in [-0.3, -0.25) is 9.59 Å². The van der Waals surface area contributed by atoms with Crippen LogP contribution in [0.1, 0.15) is 19.4 Å². The molecule has 1 rings (SSSR count). The summed E-state index contributed by atoms with van der Waals surface area (Å²) in [5.41, 5.74) is -0.671. The average molecular weight is 238 g/mol. The largest absolute Gasteiger partial charge is 0.468 e. The predicted molar refractivity (Wildman–Crippen MR) is 60.9 cm³/mol. The molecule has 0 fully saturated rings. The van der Waals surface area contributed by atoms with Gasteiger partial charge in [0.15, 0.2) is 0 Å². The zero-order chi connectivity index (χ0) is 13.1. The summed E-state index contributed by atoms with van der Waals surface area (Å²) in [5.74, 6) is -1.29. The molecule has 0 spiro atoms. The summed E-state index contributed by atoms with van der Waals surface area (Å²) in [4.78, 5) is 23.2. The first-order chi connectivity index (χ1) is 7.90. The number of benzene rings is 1. The van der Waals surface area contributed by atoms with Crippen LogP contribution in [0.3, 0.4) is 0 Å². The Morgan fingerprint density at radius 3 is 2.53 bits per heavy atom. The van der Waals surface area contributed by atoms with Crippen LogP contribution in [0.25, 0.3) is 0 Å². The van der Waals surface area contributed by atoms with Gasteiger partial charge in [0.25, 0.3) is 0 Å². The van der Waals surface area contributed by atoms with E-state index in [1.54, 1.807) is 12.1 Å². The lowest BCUT2D eigenvalue weighted by Crippen LogP contribution is -2.38. The molecule has 0 aliphatic carbocycles. The third-order valence-corrected chi connectivity index (χ3v) is 2.86. The molecule has 3 nitrogen and oxygen atoms in total. The van der Waals surface area contributed by atoms with Crippen molar-refractivity contribution in [2.45, 2.75) is 20.3 Å². The molecule has 1 aromatic carbocycles. The summed E-state index contributed by atoms with van der Waals surface area (Å²) in [6, 6.07) is 5.84. The van der Waals surface area contributed by atoms with E-state index in [0.717, 1.165) is 0 Å². The van der Waals surface area contributed by atoms with Crippen molar-refractivity contribution in [2.24, 2.45) is 5.41 Å². The molecular weight excluding hydrogens is 223 g/mol. The second-order valence-corrected chi connectivity index (χ2v) is 4.19. The van der Waals surface area contributed by atoms with Crippen LogP contribution in [0.5, 0.6) is 0 Å². The Hall–Kier alpha value is -1.71. The second kappa shape index (κ2) is 5.08. The van der Waals surface area contributed by atoms with Gasteiger partial charge >= 0.3 is 5.97 Å². The van der Waals surface area contributed by atoms with E-state index in [9.17, 15) is 14.0 Å². The normalized spacial score (nSPS) is 13.9. The molecule has 0 saturated heterocycles. The highest BCUT2D eigenvalue weighted by molar-refractivity contribution is 6.02. The van der Waals surface area contributed by atoms with Gasteiger partial charge in [0.1, 0.15) is 17.0 Å². The van der Waals surface area contributed by atoms with Crippen LogP contribution in [-0.4, -0.2) is 18.9 Å². The van der Waals surface area contributed by atoms with E-state index < -0.39 is 17.2 Å². The monoisotopic (exact) mass is 238 g/mol. The molecule has 0 heterocycles. The summed E-state index contributed by atoms with van der Waals surface area (Å²) in [6.45, 7) is 2.84. The molecule has 17 heavy (non-hydrogen) atoms. The summed E-state index contributed by atoms with van der Waals surface area (Å²) < 4.78 is 17.7. The molecule has 92 valence electrons. The molecule has 1 aromatic rings. The van der Waals surface area contributed by atoms with Crippen LogP contribution in [0, 0.1) is 11.2 Å². The highest BCUT2D eigenvalue weighted by Gasteiger charge is 2.39. The van der Waals surface area contributed by atoms with Gasteiger partial charge in [-0.05, 0) is 38.0 Å². The number of esters is 1. The maximum absolute atomic E-state index is 13.0. The van der Waals surface area contributed by atoms with E-state index >= 15 is 0 Å². The molecule has 1 atom stereocenters. The molecule has 0 aromatic heterocycles. The van der Waals surface area contributed by atoms with Gasteiger partial charge in [-0.2, -0.15) is 0 Å². The second-order valence-electron chi connectivity index (χ2n) is 4.19. The van der Waals surface area contributed by atoms with E-state index in [2.05, 4.69) is 4.74 Å². The molecule has 0 saturated carbocycles. The molecule has 0 N–H and O–H groups in total. The van der Waals surface area contributed by atoms with Gasteiger partial charge in [-0.1, -0.05) is 12.1 Å². The fourth-order valence-corrected chi connectivity index (χ4v) is 1.62. The lowest BCUT2D eigenvalue weighted by Gasteiger charge is -2.23. The molecular formula is C13H15FO3. The number of methoxy groups -OCH3 is 1. The number of ketones is 1. The first kappa shape index (κ1) is 13.4. The van der Waals surface area contributed by atoms with Gasteiger partial charge in [-0.15, -0.1) is 0 Å². The number of hydrogen-bond acceptors (Lipinski definition) is 3. The van der Waals surface area contributed by atoms with Crippen molar-refractivity contribution in [2.75, 3.05) is 7.11 Å². The smallest absolute Gasteiger partial charge is 0.319 e. The predicted octanol–water partition coefficient (Wildman–Crippen LogP) is 2.14. The Balaban J connectivity index is 3.03. The van der Waals surface area contributed by atoms with Crippen LogP contribution in [-0.2, 0) is 20.7 Å². The number of hydrogen-bond donors (Lipinski definition) is 0. The maximum atomic E-state index is 13.0. The lowest BCUT2D eigenvalue weighted by molar-refractivity contribution is -0.156. The summed E-state index contributed by atoms with van der Waals surface area (Å²) in [7, 11) is 1.23. The van der Waals surface area contributed by atoms with Crippen molar-refractivity contribution >= 4 is 11.8 Å². The van der Waals surface area contributed by atoms with Crippen LogP contribution < -0.4 is 0 Å². The van der Waals surface area contributed by atoms with Crippen LogP contribution in [0.4, 0.5) is 4.39 Å². The zero-order valence-electron chi connectivity index (χ0n) is 10.1. The van der Waals surface area contributed by atoms with E-state index in [-0.39, 0.29) is 12.2 Å². The minimum Gasteiger partial charge on any atom is -0.468 e. The standard InChI is InChI=1S/C13H15FO3/c1-9(15)13(2,12(16)17-3)8-10-5-4-6-11(14)7-10/h4-7H,8H2,1-3H3. The topological polar surface area (TPSA) is 43.4 Å². The molecule has 0 radical (unpaired) electrons. The molecule has 0 bridgehead atoms. The van der Waals surface area contributed by atoms with Gasteiger partial charge < -0.3 is 4.74 Å². The maximum Gasteiger partial charge on any atom is 0.319 e. The molecule has 0 amide bonds. The van der Waals surface area contributed by atoms with Gasteiger partial charge in [0.2, 0.25) is 0 Å². The number of rotatable bonds is 4. The Labute approximate surface area is 99.6 Å². The van der Waals surface area contributed by atoms with Crippen molar-refractivity contribution in [3.8, 4) is 0 Å². The number of halogens is 1. The molecule has 4 heteroatoms. The zero-order valence-corrected chi connectivity index (χ0v) is 10.1. The minimum atomic E-state index is -1.26. The van der Waals surface area contributed by atoms with Gasteiger partial charge in [0, 0.05) is 0 Å². The quantitative estimate of drug-likeness (QED) is 0.596. The highest BCUT2D eigenvalue weighted by Crippen LogP contribution is 2.25. The number of ether oxygens (including phenoxy) is 1. The number of carbonyl (C=O) groups excluding carboxylic acids is 2. The fourth-order valence-electron chi connectivity index (χ4n) is 1.62. The van der Waals surface area contributed by atoms with E-state index in [1.807, 2.05) is 0 Å². The van der Waals surface area contributed by atoms with E-state index in [1.165, 1.54) is 33.1 Å². The van der Waals surface area contributed by atoms with Crippen molar-refractivity contribution in [3.05, 3.63) is 35.6 Å². The third-order valence-electron chi connectivity index (χ3n) is 2.86. The minimum absolute atomic E-state index is 0.132.